The molecule has 7 heteroatoms. The van der Waals surface area contributed by atoms with E-state index in [2.05, 4.69) is 44.7 Å². The summed E-state index contributed by atoms with van der Waals surface area (Å²) in [6.07, 6.45) is 0.794. The zero-order valence-corrected chi connectivity index (χ0v) is 17.7. The maximum absolute atomic E-state index is 12.3. The van der Waals surface area contributed by atoms with E-state index in [0.717, 1.165) is 17.0 Å². The summed E-state index contributed by atoms with van der Waals surface area (Å²) >= 11 is 1.39. The minimum atomic E-state index is -0.438. The van der Waals surface area contributed by atoms with E-state index < -0.39 is 5.97 Å². The van der Waals surface area contributed by atoms with Crippen LogP contribution in [0.3, 0.4) is 0 Å². The Morgan fingerprint density at radius 1 is 1.21 bits per heavy atom. The lowest BCUT2D eigenvalue weighted by atomic mass is 9.87. The molecule has 0 saturated heterocycles. The van der Waals surface area contributed by atoms with Crippen molar-refractivity contribution in [2.45, 2.75) is 53.1 Å². The molecule has 0 aliphatic rings. The molecule has 6 nitrogen and oxygen atoms in total. The van der Waals surface area contributed by atoms with E-state index in [4.69, 9.17) is 4.74 Å². The third-order valence-corrected chi connectivity index (χ3v) is 5.19. The lowest BCUT2D eigenvalue weighted by molar-refractivity contribution is 0.0467. The third-order valence-electron chi connectivity index (χ3n) is 4.26. The van der Waals surface area contributed by atoms with Crippen LogP contribution in [0.5, 0.6) is 0 Å². The molecular formula is C21H25N3O3S. The predicted molar refractivity (Wildman–Crippen MR) is 110 cm³/mol. The molecule has 0 atom stereocenters. The van der Waals surface area contributed by atoms with Crippen LogP contribution in [0.1, 0.15) is 61.2 Å². The molecule has 0 aliphatic carbocycles. The van der Waals surface area contributed by atoms with Crippen LogP contribution in [0.25, 0.3) is 4.96 Å². The van der Waals surface area contributed by atoms with Crippen LogP contribution in [0.2, 0.25) is 0 Å². The molecule has 3 aromatic rings. The van der Waals surface area contributed by atoms with Gasteiger partial charge < -0.3 is 4.74 Å². The van der Waals surface area contributed by atoms with Gasteiger partial charge in [0.1, 0.15) is 11.6 Å². The molecule has 0 bridgehead atoms. The highest BCUT2D eigenvalue weighted by molar-refractivity contribution is 7.16. The normalized spacial score (nSPS) is 11.9. The zero-order valence-electron chi connectivity index (χ0n) is 16.9. The van der Waals surface area contributed by atoms with Gasteiger partial charge in [0.15, 0.2) is 0 Å². The van der Waals surface area contributed by atoms with Crippen molar-refractivity contribution in [3.63, 3.8) is 0 Å². The number of hydrogen-bond acceptors (Lipinski definition) is 6. The monoisotopic (exact) mass is 399 g/mol. The number of esters is 1. The van der Waals surface area contributed by atoms with Gasteiger partial charge in [-0.15, -0.1) is 0 Å². The molecule has 0 unspecified atom stereocenters. The first-order chi connectivity index (χ1) is 13.1. The molecule has 0 saturated carbocycles. The Kier molecular flexibility index (Phi) is 5.65. The van der Waals surface area contributed by atoms with E-state index in [9.17, 15) is 9.59 Å². The van der Waals surface area contributed by atoms with Gasteiger partial charge in [-0.1, -0.05) is 58.1 Å². The first kappa shape index (κ1) is 20.2. The second-order valence-electron chi connectivity index (χ2n) is 8.28. The van der Waals surface area contributed by atoms with Gasteiger partial charge in [-0.25, -0.2) is 9.78 Å². The highest BCUT2D eigenvalue weighted by Gasteiger charge is 2.16. The third kappa shape index (κ3) is 4.65. The fraction of sp³-hybridized carbons (Fsp3) is 0.429. The van der Waals surface area contributed by atoms with Crippen molar-refractivity contribution < 1.29 is 9.53 Å². The number of hydrogen-bond donors (Lipinski definition) is 0. The van der Waals surface area contributed by atoms with E-state index in [1.165, 1.54) is 21.9 Å². The molecule has 0 amide bonds. The largest absolute Gasteiger partial charge is 0.456 e. The van der Waals surface area contributed by atoms with Crippen LogP contribution in [0, 0.1) is 5.92 Å². The molecule has 0 N–H and O–H groups in total. The first-order valence-corrected chi connectivity index (χ1v) is 10.1. The van der Waals surface area contributed by atoms with Crippen molar-refractivity contribution >= 4 is 22.3 Å². The number of ether oxygens (including phenoxy) is 1. The Labute approximate surface area is 168 Å². The first-order valence-electron chi connectivity index (χ1n) is 9.30. The second-order valence-corrected chi connectivity index (χ2v) is 9.32. The fourth-order valence-electron chi connectivity index (χ4n) is 2.73. The van der Waals surface area contributed by atoms with E-state index >= 15 is 0 Å². The summed E-state index contributed by atoms with van der Waals surface area (Å²) in [5.74, 6) is 0.00798. The average molecular weight is 400 g/mol. The van der Waals surface area contributed by atoms with Gasteiger partial charge in [-0.2, -0.15) is 9.61 Å². The minimum Gasteiger partial charge on any atom is -0.456 e. The van der Waals surface area contributed by atoms with E-state index in [-0.39, 0.29) is 17.6 Å². The standard InChI is InChI=1S/C21H25N3O3S/c1-13(2)10-17-23-24-18(25)11-16(22-20(24)28-17)12-27-19(26)14-6-8-15(9-7-14)21(3,4)5/h6-9,11,13H,10,12H2,1-5H3. The molecule has 3 rings (SSSR count). The lowest BCUT2D eigenvalue weighted by Crippen LogP contribution is -2.17. The quantitative estimate of drug-likeness (QED) is 0.606. The maximum atomic E-state index is 12.3. The Morgan fingerprint density at radius 3 is 2.50 bits per heavy atom. The smallest absolute Gasteiger partial charge is 0.338 e. The van der Waals surface area contributed by atoms with Crippen LogP contribution >= 0.6 is 11.3 Å². The fourth-order valence-corrected chi connectivity index (χ4v) is 3.86. The number of fused-ring (bicyclic) bond motifs is 1. The minimum absolute atomic E-state index is 0.0210. The number of carbonyl (C=O) groups excluding carboxylic acids is 1. The number of nitrogens with zero attached hydrogens (tertiary/aromatic N) is 3. The van der Waals surface area contributed by atoms with Gasteiger partial charge in [0.2, 0.25) is 4.96 Å². The van der Waals surface area contributed by atoms with E-state index in [0.29, 0.717) is 22.1 Å². The van der Waals surface area contributed by atoms with Crippen LogP contribution in [0.4, 0.5) is 0 Å². The molecule has 0 spiro atoms. The number of rotatable bonds is 5. The summed E-state index contributed by atoms with van der Waals surface area (Å²) < 4.78 is 6.65. The van der Waals surface area contributed by atoms with Crippen molar-refractivity contribution in [3.05, 3.63) is 62.5 Å². The van der Waals surface area contributed by atoms with Gasteiger partial charge in [-0.05, 0) is 29.0 Å². The predicted octanol–water partition coefficient (Wildman–Crippen LogP) is 4.00. The highest BCUT2D eigenvalue weighted by Crippen LogP contribution is 2.22. The van der Waals surface area contributed by atoms with Gasteiger partial charge in [-0.3, -0.25) is 4.79 Å². The van der Waals surface area contributed by atoms with E-state index in [1.807, 2.05) is 12.1 Å². The number of aromatic nitrogens is 3. The molecule has 0 radical (unpaired) electrons. The van der Waals surface area contributed by atoms with Crippen LogP contribution in [0.15, 0.2) is 35.1 Å². The molecule has 2 heterocycles. The van der Waals surface area contributed by atoms with Crippen molar-refractivity contribution in [1.82, 2.24) is 14.6 Å². The highest BCUT2D eigenvalue weighted by atomic mass is 32.1. The lowest BCUT2D eigenvalue weighted by Gasteiger charge is -2.18. The van der Waals surface area contributed by atoms with Gasteiger partial charge in [0.05, 0.1) is 11.3 Å². The van der Waals surface area contributed by atoms with Crippen LogP contribution in [-0.4, -0.2) is 20.6 Å². The molecule has 28 heavy (non-hydrogen) atoms. The molecular weight excluding hydrogens is 374 g/mol. The average Bonchev–Trinajstić information content (AvgIpc) is 3.01. The summed E-state index contributed by atoms with van der Waals surface area (Å²) in [5, 5.41) is 5.18. The summed E-state index contributed by atoms with van der Waals surface area (Å²) in [4.78, 5) is 29.5. The van der Waals surface area contributed by atoms with Gasteiger partial charge in [0, 0.05) is 12.5 Å². The topological polar surface area (TPSA) is 73.6 Å². The molecule has 1 aromatic carbocycles. The molecule has 148 valence electrons. The number of carbonyl (C=O) groups is 1. The Morgan fingerprint density at radius 2 is 1.89 bits per heavy atom. The molecule has 2 aromatic heterocycles. The Balaban J connectivity index is 1.72. The van der Waals surface area contributed by atoms with Crippen molar-refractivity contribution in [3.8, 4) is 0 Å². The van der Waals surface area contributed by atoms with Crippen LogP contribution < -0.4 is 5.56 Å². The summed E-state index contributed by atoms with van der Waals surface area (Å²) in [7, 11) is 0. The molecule has 0 fully saturated rings. The van der Waals surface area contributed by atoms with Gasteiger partial charge >= 0.3 is 5.97 Å². The molecule has 0 aliphatic heterocycles. The van der Waals surface area contributed by atoms with Crippen molar-refractivity contribution in [2.24, 2.45) is 5.92 Å². The maximum Gasteiger partial charge on any atom is 0.338 e. The Hall–Kier alpha value is -2.54. The Bertz CT molecular complexity index is 1040. The van der Waals surface area contributed by atoms with Crippen LogP contribution in [-0.2, 0) is 23.2 Å². The second kappa shape index (κ2) is 7.83. The van der Waals surface area contributed by atoms with Gasteiger partial charge in [0.25, 0.3) is 5.56 Å². The summed E-state index contributed by atoms with van der Waals surface area (Å²) in [5.41, 5.74) is 1.79. The van der Waals surface area contributed by atoms with Crippen molar-refractivity contribution in [1.29, 1.82) is 0 Å². The summed E-state index contributed by atoms with van der Waals surface area (Å²) in [6.45, 7) is 10.5. The van der Waals surface area contributed by atoms with Crippen molar-refractivity contribution in [2.75, 3.05) is 0 Å². The zero-order chi connectivity index (χ0) is 20.5. The number of benzene rings is 1. The SMILES string of the molecule is CC(C)Cc1nn2c(=O)cc(COC(=O)c3ccc(C(C)(C)C)cc3)nc2s1. The summed E-state index contributed by atoms with van der Waals surface area (Å²) in [6, 6.07) is 8.75. The van der Waals surface area contributed by atoms with E-state index in [1.54, 1.807) is 12.1 Å².